The molecule has 2 atom stereocenters. The predicted octanol–water partition coefficient (Wildman–Crippen LogP) is 26.8. The van der Waals surface area contributed by atoms with E-state index in [1.54, 1.807) is 22.3 Å². The van der Waals surface area contributed by atoms with Crippen LogP contribution in [0.15, 0.2) is 84.9 Å². The number of hydrogen-bond acceptors (Lipinski definition) is 4. The number of benzene rings is 6. The zero-order chi connectivity index (χ0) is 68.0. The third-order valence-corrected chi connectivity index (χ3v) is 24.0. The maximum atomic E-state index is 7.21. The maximum absolute atomic E-state index is 7.21. The highest BCUT2D eigenvalue weighted by atomic mass is 31.0. The van der Waals surface area contributed by atoms with E-state index in [2.05, 4.69) is 159 Å². The van der Waals surface area contributed by atoms with E-state index >= 15 is 0 Å². The van der Waals surface area contributed by atoms with Crippen molar-refractivity contribution in [3.05, 3.63) is 129 Å². The molecule has 0 radical (unpaired) electrons. The van der Waals surface area contributed by atoms with Gasteiger partial charge in [0, 0.05) is 10.8 Å². The molecule has 6 aromatic carbocycles. The van der Waals surface area contributed by atoms with Crippen molar-refractivity contribution in [3.63, 3.8) is 0 Å². The van der Waals surface area contributed by atoms with Crippen LogP contribution in [0.3, 0.4) is 0 Å². The normalized spacial score (nSPS) is 14.3. The lowest BCUT2D eigenvalue weighted by Crippen LogP contribution is -2.28. The lowest BCUT2D eigenvalue weighted by atomic mass is 9.68. The van der Waals surface area contributed by atoms with Crippen LogP contribution in [0.1, 0.15) is 357 Å². The summed E-state index contributed by atoms with van der Waals surface area (Å²) in [7, 11) is 6.30. The average Bonchev–Trinajstić information content (AvgIpc) is 1.49. The monoisotopic (exact) mass is 1350 g/mol. The highest BCUT2D eigenvalue weighted by molar-refractivity contribution is 7.27. The van der Waals surface area contributed by atoms with Crippen LogP contribution in [0.4, 0.5) is 0 Å². The number of hydrogen-bond donors (Lipinski definition) is 0. The Kier molecular flexibility index (Phi) is 28.9. The fourth-order valence-electron chi connectivity index (χ4n) is 18.0. The number of ether oxygens (including phenoxy) is 4. The minimum atomic E-state index is -0.737. The molecule has 4 aliphatic carbocycles. The summed E-state index contributed by atoms with van der Waals surface area (Å²) in [4.78, 5) is 0. The first-order chi connectivity index (χ1) is 47.6. The first-order valence-electron chi connectivity index (χ1n) is 40.7. The number of rotatable bonds is 48. The second kappa shape index (κ2) is 37.3. The lowest BCUT2D eigenvalue weighted by Gasteiger charge is -2.34. The predicted molar refractivity (Wildman–Crippen MR) is 426 cm³/mol. The molecule has 1 spiro atoms. The van der Waals surface area contributed by atoms with Crippen molar-refractivity contribution in [2.75, 3.05) is 26.4 Å². The molecule has 4 aliphatic rings. The molecular formula is C91H130O4P2. The third-order valence-electron chi connectivity index (χ3n) is 23.3. The number of unbranched alkanes of at least 4 members (excludes halogenated alkanes) is 28. The van der Waals surface area contributed by atoms with Crippen molar-refractivity contribution >= 4 is 29.1 Å². The summed E-state index contributed by atoms with van der Waals surface area (Å²) in [5.74, 6) is 3.45. The molecular weight excluding hydrogens is 1220 g/mol. The van der Waals surface area contributed by atoms with Gasteiger partial charge in [-0.1, -0.05) is 297 Å². The van der Waals surface area contributed by atoms with E-state index in [4.69, 9.17) is 18.9 Å². The van der Waals surface area contributed by atoms with Crippen LogP contribution >= 0.6 is 18.5 Å². The first-order valence-corrected chi connectivity index (χ1v) is 41.9. The molecule has 0 bridgehead atoms. The van der Waals surface area contributed by atoms with Gasteiger partial charge in [0.2, 0.25) is 0 Å². The first kappa shape index (κ1) is 75.1. The molecule has 6 aromatic rings. The summed E-state index contributed by atoms with van der Waals surface area (Å²) in [6.07, 6.45) is 49.0. The standard InChI is InChI=1S/C91H130O4P2/c1-9-17-25-29-33-37-49-89(50-38-34-30-26-18-10-2)77-57-67(96)45-47-69(77)71-61-81-73(59-79(71)89)74-60-80-72(70-48-46-68(97)58-78(70)90(80,51-39-35-31-27-19-11-3)52-40-36-32-28-20-12-4)62-82(74)91(81)83-65-87(94-55-43-23-15-7)85(92-53-41-21-13-5)63-75(83)76-64-86(93-54-42-22-14-6)88(66-84(76)91)95-56-44-24-16-8/h45-48,57-66H,9-44,49-56,96-97H2,1-8H3. The van der Waals surface area contributed by atoms with Gasteiger partial charge in [0.05, 0.1) is 31.8 Å². The zero-order valence-corrected chi connectivity index (χ0v) is 64.8. The molecule has 0 heterocycles. The minimum Gasteiger partial charge on any atom is -0.490 e. The van der Waals surface area contributed by atoms with E-state index in [0.717, 1.165) is 100 Å². The Hall–Kier alpha value is -4.62. The smallest absolute Gasteiger partial charge is 0.161 e. The van der Waals surface area contributed by atoms with Crippen molar-refractivity contribution in [2.45, 2.75) is 328 Å². The zero-order valence-electron chi connectivity index (χ0n) is 62.5. The average molecular weight is 1350 g/mol. The molecule has 0 fully saturated rings. The van der Waals surface area contributed by atoms with Gasteiger partial charge in [-0.15, -0.1) is 18.5 Å². The molecule has 2 unspecified atom stereocenters. The largest absolute Gasteiger partial charge is 0.490 e. The van der Waals surface area contributed by atoms with Crippen molar-refractivity contribution in [2.24, 2.45) is 0 Å². The van der Waals surface area contributed by atoms with E-state index in [-0.39, 0.29) is 10.8 Å². The van der Waals surface area contributed by atoms with Gasteiger partial charge in [0.1, 0.15) is 0 Å². The summed E-state index contributed by atoms with van der Waals surface area (Å²) in [5.41, 5.74) is 21.8. The van der Waals surface area contributed by atoms with Gasteiger partial charge in [0.15, 0.2) is 23.0 Å². The van der Waals surface area contributed by atoms with Crippen LogP contribution in [0, 0.1) is 0 Å². The van der Waals surface area contributed by atoms with Crippen LogP contribution in [0.5, 0.6) is 23.0 Å². The van der Waals surface area contributed by atoms with Crippen molar-refractivity contribution in [1.82, 2.24) is 0 Å². The van der Waals surface area contributed by atoms with E-state index < -0.39 is 5.41 Å². The van der Waals surface area contributed by atoms with Crippen LogP contribution in [-0.2, 0) is 16.2 Å². The van der Waals surface area contributed by atoms with Crippen molar-refractivity contribution < 1.29 is 18.9 Å². The van der Waals surface area contributed by atoms with Gasteiger partial charge < -0.3 is 18.9 Å². The molecule has 0 N–H and O–H groups in total. The van der Waals surface area contributed by atoms with Gasteiger partial charge in [0.25, 0.3) is 0 Å². The lowest BCUT2D eigenvalue weighted by molar-refractivity contribution is 0.259. The summed E-state index contributed by atoms with van der Waals surface area (Å²) in [6, 6.07) is 36.2. The molecule has 0 amide bonds. The SMILES string of the molecule is CCCCCCCCC1(CCCCCCCC)c2cc(P)ccc2-c2cc3c(cc21)-c1cc2c(cc1C31c3cc(OCCCCC)c(OCCCCC)cc3-c3cc(OCCCCC)c(OCCCCC)cc31)-c1ccc(P)cc1C2(CCCCCCCC)CCCCCCCC. The quantitative estimate of drug-likeness (QED) is 0.0281. The molecule has 6 heteroatoms. The molecule has 10 rings (SSSR count). The van der Waals surface area contributed by atoms with Crippen molar-refractivity contribution in [3.8, 4) is 67.5 Å². The molecule has 0 saturated heterocycles. The Morgan fingerprint density at radius 2 is 0.454 bits per heavy atom. The molecule has 0 aliphatic heterocycles. The Morgan fingerprint density at radius 3 is 0.763 bits per heavy atom. The van der Waals surface area contributed by atoms with E-state index in [1.807, 2.05) is 0 Å². The van der Waals surface area contributed by atoms with Gasteiger partial charge in [-0.3, -0.25) is 0 Å². The Morgan fingerprint density at radius 1 is 0.227 bits per heavy atom. The summed E-state index contributed by atoms with van der Waals surface area (Å²) in [5, 5.41) is 2.59. The minimum absolute atomic E-state index is 0.0995. The van der Waals surface area contributed by atoms with Gasteiger partial charge in [-0.25, -0.2) is 0 Å². The van der Waals surface area contributed by atoms with Gasteiger partial charge in [-0.2, -0.15) is 0 Å². The van der Waals surface area contributed by atoms with Crippen molar-refractivity contribution in [1.29, 1.82) is 0 Å². The van der Waals surface area contributed by atoms with Crippen LogP contribution in [0.2, 0.25) is 0 Å². The Labute approximate surface area is 596 Å². The van der Waals surface area contributed by atoms with Gasteiger partial charge >= 0.3 is 0 Å². The van der Waals surface area contributed by atoms with Crippen LogP contribution in [0.25, 0.3) is 44.5 Å². The van der Waals surface area contributed by atoms with E-state index in [9.17, 15) is 0 Å². The highest BCUT2D eigenvalue weighted by Gasteiger charge is 2.56. The topological polar surface area (TPSA) is 36.9 Å². The Balaban J connectivity index is 1.31. The third kappa shape index (κ3) is 16.7. The molecule has 97 heavy (non-hydrogen) atoms. The fourth-order valence-corrected chi connectivity index (χ4v) is 18.5. The molecule has 528 valence electrons. The summed E-state index contributed by atoms with van der Waals surface area (Å²) >= 11 is 0. The highest BCUT2D eigenvalue weighted by Crippen LogP contribution is 2.69. The van der Waals surface area contributed by atoms with E-state index in [0.29, 0.717) is 26.4 Å². The molecule has 4 nitrogen and oxygen atoms in total. The summed E-state index contributed by atoms with van der Waals surface area (Å²) in [6.45, 7) is 21.2. The maximum Gasteiger partial charge on any atom is 0.161 e. The molecule has 0 aromatic heterocycles. The van der Waals surface area contributed by atoms with Gasteiger partial charge in [-0.05, 0) is 200 Å². The second-order valence-corrected chi connectivity index (χ2v) is 31.7. The Bertz CT molecular complexity index is 3200. The number of fused-ring (bicyclic) bond motifs is 16. The van der Waals surface area contributed by atoms with Crippen LogP contribution in [-0.4, -0.2) is 26.4 Å². The van der Waals surface area contributed by atoms with E-state index in [1.165, 1.54) is 257 Å². The van der Waals surface area contributed by atoms with Crippen LogP contribution < -0.4 is 29.6 Å². The fraction of sp³-hybridized carbons (Fsp3) is 0.604. The second-order valence-electron chi connectivity index (χ2n) is 30.4. The molecule has 0 saturated carbocycles. The summed E-state index contributed by atoms with van der Waals surface area (Å²) < 4.78 is 28.6.